The molecular formula is C7H6IN2O+. The molecule has 11 heavy (non-hydrogen) atoms. The number of halogens is 1. The van der Waals surface area contributed by atoms with Gasteiger partial charge in [0.05, 0.1) is 13.2 Å². The Bertz CT molecular complexity index is 306. The van der Waals surface area contributed by atoms with Crippen molar-refractivity contribution in [2.75, 3.05) is 7.11 Å². The Balaban J connectivity index is 3.19. The molecule has 56 valence electrons. The zero-order valence-electron chi connectivity index (χ0n) is 5.91. The van der Waals surface area contributed by atoms with Crippen molar-refractivity contribution in [3.05, 3.63) is 26.7 Å². The van der Waals surface area contributed by atoms with Gasteiger partial charge in [-0.15, -0.1) is 0 Å². The summed E-state index contributed by atoms with van der Waals surface area (Å²) in [6.07, 6.45) is 0. The van der Waals surface area contributed by atoms with Gasteiger partial charge in [0, 0.05) is 3.57 Å². The van der Waals surface area contributed by atoms with E-state index in [1.165, 1.54) is 7.11 Å². The summed E-state index contributed by atoms with van der Waals surface area (Å²) in [6, 6.07) is 5.38. The Morgan fingerprint density at radius 2 is 2.27 bits per heavy atom. The lowest BCUT2D eigenvalue weighted by atomic mass is 10.3. The number of diazo groups is 1. The van der Waals surface area contributed by atoms with Crippen LogP contribution >= 0.6 is 22.6 Å². The van der Waals surface area contributed by atoms with E-state index in [1.807, 2.05) is 6.07 Å². The molecule has 4 heteroatoms. The summed E-state index contributed by atoms with van der Waals surface area (Å²) < 4.78 is 5.94. The first-order chi connectivity index (χ1) is 5.27. The van der Waals surface area contributed by atoms with Crippen molar-refractivity contribution >= 4 is 28.3 Å². The number of hydrogen-bond acceptors (Lipinski definition) is 2. The molecule has 0 aliphatic carbocycles. The predicted octanol–water partition coefficient (Wildman–Crippen LogP) is 2.78. The van der Waals surface area contributed by atoms with E-state index >= 15 is 0 Å². The minimum absolute atomic E-state index is 0.458. The highest BCUT2D eigenvalue weighted by Gasteiger charge is 2.13. The second-order valence-electron chi connectivity index (χ2n) is 1.92. The van der Waals surface area contributed by atoms with Gasteiger partial charge >= 0.3 is 5.69 Å². The number of nitrogens with zero attached hydrogens (tertiary/aromatic N) is 2. The van der Waals surface area contributed by atoms with E-state index in [-0.39, 0.29) is 0 Å². The maximum Gasteiger partial charge on any atom is 0.427 e. The van der Waals surface area contributed by atoms with E-state index in [0.717, 1.165) is 3.57 Å². The lowest BCUT2D eigenvalue weighted by molar-refractivity contribution is 0.417. The molecule has 0 aromatic heterocycles. The summed E-state index contributed by atoms with van der Waals surface area (Å²) in [5.74, 6) is 0.577. The Morgan fingerprint density at radius 3 is 2.82 bits per heavy atom. The van der Waals surface area contributed by atoms with Crippen LogP contribution in [0.25, 0.3) is 4.98 Å². The van der Waals surface area contributed by atoms with Crippen molar-refractivity contribution in [3.63, 3.8) is 0 Å². The molecule has 0 amide bonds. The van der Waals surface area contributed by atoms with Crippen molar-refractivity contribution in [2.24, 2.45) is 0 Å². The van der Waals surface area contributed by atoms with Crippen LogP contribution in [-0.2, 0) is 0 Å². The van der Waals surface area contributed by atoms with E-state index in [9.17, 15) is 0 Å². The lowest BCUT2D eigenvalue weighted by Crippen LogP contribution is -1.82. The van der Waals surface area contributed by atoms with Gasteiger partial charge in [-0.2, -0.15) is 0 Å². The quantitative estimate of drug-likeness (QED) is 0.575. The molecule has 1 aromatic carbocycles. The number of hydrogen-bond donors (Lipinski definition) is 0. The first-order valence-corrected chi connectivity index (χ1v) is 4.04. The smallest absolute Gasteiger partial charge is 0.427 e. The first-order valence-electron chi connectivity index (χ1n) is 2.96. The molecule has 0 bridgehead atoms. The van der Waals surface area contributed by atoms with Crippen LogP contribution in [0, 0.1) is 8.96 Å². The van der Waals surface area contributed by atoms with Gasteiger partial charge in [-0.05, 0) is 34.7 Å². The second kappa shape index (κ2) is 3.53. The summed E-state index contributed by atoms with van der Waals surface area (Å²) in [6.45, 7) is 0. The number of ether oxygens (including phenoxy) is 1. The fraction of sp³-hybridized carbons (Fsp3) is 0.143. The van der Waals surface area contributed by atoms with E-state index in [4.69, 9.17) is 10.1 Å². The third kappa shape index (κ3) is 1.80. The molecule has 1 aromatic rings. The topological polar surface area (TPSA) is 37.4 Å². The monoisotopic (exact) mass is 261 g/mol. The highest BCUT2D eigenvalue weighted by molar-refractivity contribution is 14.1. The molecule has 0 radical (unpaired) electrons. The van der Waals surface area contributed by atoms with Crippen molar-refractivity contribution in [3.8, 4) is 5.75 Å². The van der Waals surface area contributed by atoms with Crippen LogP contribution in [0.15, 0.2) is 18.2 Å². The highest BCUT2D eigenvalue weighted by Crippen LogP contribution is 2.28. The number of methoxy groups -OCH3 is 1. The Labute approximate surface area is 78.1 Å². The molecule has 1 rings (SSSR count). The summed E-state index contributed by atoms with van der Waals surface area (Å²) in [7, 11) is 1.54. The van der Waals surface area contributed by atoms with Crippen LogP contribution in [0.1, 0.15) is 0 Å². The molecule has 0 saturated heterocycles. The molecule has 0 atom stereocenters. The van der Waals surface area contributed by atoms with Gasteiger partial charge in [0.2, 0.25) is 11.1 Å². The van der Waals surface area contributed by atoms with Gasteiger partial charge in [0.1, 0.15) is 0 Å². The molecular weight excluding hydrogens is 255 g/mol. The van der Waals surface area contributed by atoms with Crippen LogP contribution < -0.4 is 4.74 Å². The minimum Gasteiger partial charge on any atom is -0.489 e. The molecule has 0 saturated carbocycles. The SMILES string of the molecule is COc1ccc(I)cc1[N+]#N. The van der Waals surface area contributed by atoms with Gasteiger partial charge in [-0.1, -0.05) is 0 Å². The maximum atomic E-state index is 8.52. The normalized spacial score (nSPS) is 8.82. The lowest BCUT2D eigenvalue weighted by Gasteiger charge is -1.93. The minimum atomic E-state index is 0.458. The largest absolute Gasteiger partial charge is 0.489 e. The molecule has 0 aliphatic rings. The van der Waals surface area contributed by atoms with E-state index in [1.54, 1.807) is 12.1 Å². The average molecular weight is 261 g/mol. The van der Waals surface area contributed by atoms with Gasteiger partial charge in [0.15, 0.2) is 4.98 Å². The summed E-state index contributed by atoms with van der Waals surface area (Å²) >= 11 is 2.14. The molecule has 0 aliphatic heterocycles. The summed E-state index contributed by atoms with van der Waals surface area (Å²) in [5, 5.41) is 8.52. The first kappa shape index (κ1) is 8.27. The van der Waals surface area contributed by atoms with Gasteiger partial charge < -0.3 is 4.74 Å². The average Bonchev–Trinajstić information content (AvgIpc) is 2.04. The molecule has 0 N–H and O–H groups in total. The van der Waals surface area contributed by atoms with Crippen LogP contribution in [0.5, 0.6) is 5.75 Å². The van der Waals surface area contributed by atoms with E-state index in [0.29, 0.717) is 11.4 Å². The Hall–Kier alpha value is -0.830. The summed E-state index contributed by atoms with van der Waals surface area (Å²) in [5.41, 5.74) is 0.458. The standard InChI is InChI=1S/C7H6IN2O/c1-11-7-3-2-5(8)4-6(7)10-9/h2-4H,1H3/q+1. The Morgan fingerprint density at radius 1 is 1.55 bits per heavy atom. The molecule has 3 nitrogen and oxygen atoms in total. The third-order valence-corrected chi connectivity index (χ3v) is 1.92. The highest BCUT2D eigenvalue weighted by atomic mass is 127. The van der Waals surface area contributed by atoms with Gasteiger partial charge in [0.25, 0.3) is 0 Å². The van der Waals surface area contributed by atoms with Crippen LogP contribution in [0.2, 0.25) is 0 Å². The summed E-state index contributed by atoms with van der Waals surface area (Å²) in [4.78, 5) is 3.07. The van der Waals surface area contributed by atoms with Gasteiger partial charge in [-0.25, -0.2) is 0 Å². The maximum absolute atomic E-state index is 8.52. The number of benzene rings is 1. The predicted molar refractivity (Wildman–Crippen MR) is 50.5 cm³/mol. The molecule has 0 heterocycles. The second-order valence-corrected chi connectivity index (χ2v) is 3.16. The fourth-order valence-electron chi connectivity index (χ4n) is 0.741. The zero-order chi connectivity index (χ0) is 8.27. The molecule has 0 unspecified atom stereocenters. The van der Waals surface area contributed by atoms with Crippen molar-refractivity contribution in [1.29, 1.82) is 5.39 Å². The Kier molecular flexibility index (Phi) is 2.65. The molecule has 0 spiro atoms. The van der Waals surface area contributed by atoms with E-state index in [2.05, 4.69) is 27.6 Å². The van der Waals surface area contributed by atoms with E-state index < -0.39 is 0 Å². The zero-order valence-corrected chi connectivity index (χ0v) is 8.07. The third-order valence-electron chi connectivity index (χ3n) is 1.25. The molecule has 0 fully saturated rings. The number of rotatable bonds is 1. The van der Waals surface area contributed by atoms with Crippen LogP contribution in [0.4, 0.5) is 5.69 Å². The van der Waals surface area contributed by atoms with Crippen LogP contribution in [0.3, 0.4) is 0 Å². The van der Waals surface area contributed by atoms with Crippen molar-refractivity contribution in [2.45, 2.75) is 0 Å². The van der Waals surface area contributed by atoms with Gasteiger partial charge in [-0.3, -0.25) is 0 Å². The fourth-order valence-corrected chi connectivity index (χ4v) is 1.22. The van der Waals surface area contributed by atoms with Crippen molar-refractivity contribution in [1.82, 2.24) is 0 Å². The van der Waals surface area contributed by atoms with Crippen molar-refractivity contribution < 1.29 is 4.74 Å². The van der Waals surface area contributed by atoms with Crippen LogP contribution in [-0.4, -0.2) is 7.11 Å².